The van der Waals surface area contributed by atoms with Crippen LogP contribution in [-0.4, -0.2) is 31.6 Å². The van der Waals surface area contributed by atoms with Gasteiger partial charge < -0.3 is 14.8 Å². The van der Waals surface area contributed by atoms with Crippen molar-refractivity contribution in [3.8, 4) is 5.75 Å². The molecule has 0 saturated carbocycles. The van der Waals surface area contributed by atoms with Crippen LogP contribution in [0.1, 0.15) is 46.6 Å². The third kappa shape index (κ3) is 6.77. The minimum Gasteiger partial charge on any atom is -0.494 e. The molecule has 0 aliphatic carbocycles. The Labute approximate surface area is 151 Å². The number of ether oxygens (including phenoxy) is 2. The van der Waals surface area contributed by atoms with Crippen molar-refractivity contribution in [3.05, 3.63) is 29.8 Å². The van der Waals surface area contributed by atoms with Crippen LogP contribution in [-0.2, 0) is 20.7 Å². The van der Waals surface area contributed by atoms with Crippen LogP contribution in [0.15, 0.2) is 24.3 Å². The van der Waals surface area contributed by atoms with Gasteiger partial charge in [-0.25, -0.2) is 4.79 Å². The number of hydrogen-bond donors (Lipinski definition) is 1. The van der Waals surface area contributed by atoms with E-state index in [1.165, 1.54) is 7.11 Å². The van der Waals surface area contributed by atoms with Crippen molar-refractivity contribution in [1.82, 2.24) is 5.32 Å². The van der Waals surface area contributed by atoms with Gasteiger partial charge in [0.2, 0.25) is 5.91 Å². The molecule has 0 heterocycles. The summed E-state index contributed by atoms with van der Waals surface area (Å²) in [6, 6.07) is 6.85. The number of nitrogens with one attached hydrogen (secondary N) is 1. The van der Waals surface area contributed by atoms with Gasteiger partial charge >= 0.3 is 5.97 Å². The molecule has 2 atom stereocenters. The first kappa shape index (κ1) is 21.0. The second kappa shape index (κ2) is 9.44. The van der Waals surface area contributed by atoms with Gasteiger partial charge in [0.05, 0.1) is 13.7 Å². The molecule has 1 aromatic carbocycles. The third-order valence-electron chi connectivity index (χ3n) is 4.33. The highest BCUT2D eigenvalue weighted by Gasteiger charge is 2.30. The van der Waals surface area contributed by atoms with Gasteiger partial charge in [0, 0.05) is 12.3 Å². The summed E-state index contributed by atoms with van der Waals surface area (Å²) in [4.78, 5) is 24.5. The molecule has 1 rings (SSSR count). The molecular weight excluding hydrogens is 318 g/mol. The molecule has 0 aliphatic rings. The van der Waals surface area contributed by atoms with Crippen molar-refractivity contribution in [3.63, 3.8) is 0 Å². The SMILES string of the molecule is CCCOc1ccc(C[C@H](NC(=O)[C@@H](C)C(C)(C)C)C(=O)OC)cc1. The number of carbonyl (C=O) groups is 2. The van der Waals surface area contributed by atoms with Crippen molar-refractivity contribution >= 4 is 11.9 Å². The lowest BCUT2D eigenvalue weighted by Crippen LogP contribution is -2.47. The Kier molecular flexibility index (Phi) is 7.94. The van der Waals surface area contributed by atoms with E-state index in [1.807, 2.05) is 52.0 Å². The second-order valence-electron chi connectivity index (χ2n) is 7.37. The van der Waals surface area contributed by atoms with Crippen LogP contribution >= 0.6 is 0 Å². The lowest BCUT2D eigenvalue weighted by molar-refractivity contribution is -0.146. The Hall–Kier alpha value is -2.04. The molecular formula is C20H31NO4. The third-order valence-corrected chi connectivity index (χ3v) is 4.33. The Morgan fingerprint density at radius 1 is 1.16 bits per heavy atom. The number of esters is 1. The standard InChI is InChI=1S/C20H31NO4/c1-7-12-25-16-10-8-15(9-11-16)13-17(19(23)24-6)21-18(22)14(2)20(3,4)5/h8-11,14,17H,7,12-13H2,1-6H3,(H,21,22)/t14-,17+/m1/s1. The number of carbonyl (C=O) groups excluding carboxylic acids is 2. The summed E-state index contributed by atoms with van der Waals surface area (Å²) in [5, 5.41) is 2.83. The summed E-state index contributed by atoms with van der Waals surface area (Å²) in [5.74, 6) is -0.0124. The first-order valence-corrected chi connectivity index (χ1v) is 8.79. The molecule has 5 nitrogen and oxygen atoms in total. The normalized spacial score (nSPS) is 13.7. The van der Waals surface area contributed by atoms with Crippen LogP contribution in [0.4, 0.5) is 0 Å². The van der Waals surface area contributed by atoms with Gasteiger partial charge in [-0.2, -0.15) is 0 Å². The maximum Gasteiger partial charge on any atom is 0.328 e. The number of amides is 1. The Balaban J connectivity index is 2.79. The van der Waals surface area contributed by atoms with Crippen molar-refractivity contribution < 1.29 is 19.1 Å². The summed E-state index contributed by atoms with van der Waals surface area (Å²) in [6.45, 7) is 10.6. The molecule has 0 aliphatic heterocycles. The number of hydrogen-bond acceptors (Lipinski definition) is 4. The van der Waals surface area contributed by atoms with E-state index in [0.29, 0.717) is 13.0 Å². The average molecular weight is 349 g/mol. The smallest absolute Gasteiger partial charge is 0.328 e. The van der Waals surface area contributed by atoms with E-state index < -0.39 is 12.0 Å². The lowest BCUT2D eigenvalue weighted by Gasteiger charge is -2.28. The highest BCUT2D eigenvalue weighted by molar-refractivity contribution is 5.86. The Morgan fingerprint density at radius 2 is 1.76 bits per heavy atom. The Bertz CT molecular complexity index is 560. The zero-order chi connectivity index (χ0) is 19.0. The van der Waals surface area contributed by atoms with Crippen molar-refractivity contribution in [2.75, 3.05) is 13.7 Å². The quantitative estimate of drug-likeness (QED) is 0.731. The van der Waals surface area contributed by atoms with Crippen LogP contribution in [0.3, 0.4) is 0 Å². The zero-order valence-corrected chi connectivity index (χ0v) is 16.2. The predicted octanol–water partition coefficient (Wildman–Crippen LogP) is 3.36. The van der Waals surface area contributed by atoms with Crippen LogP contribution in [0.2, 0.25) is 0 Å². The van der Waals surface area contributed by atoms with Gasteiger partial charge in [0.1, 0.15) is 11.8 Å². The van der Waals surface area contributed by atoms with Crippen LogP contribution < -0.4 is 10.1 Å². The largest absolute Gasteiger partial charge is 0.494 e. The van der Waals surface area contributed by atoms with E-state index in [9.17, 15) is 9.59 Å². The van der Waals surface area contributed by atoms with E-state index in [4.69, 9.17) is 9.47 Å². The average Bonchev–Trinajstić information content (AvgIpc) is 2.58. The first-order valence-electron chi connectivity index (χ1n) is 8.79. The van der Waals surface area contributed by atoms with Gasteiger partial charge in [0.15, 0.2) is 0 Å². The van der Waals surface area contributed by atoms with E-state index in [0.717, 1.165) is 17.7 Å². The van der Waals surface area contributed by atoms with Crippen molar-refractivity contribution in [1.29, 1.82) is 0 Å². The fourth-order valence-electron chi connectivity index (χ4n) is 2.20. The van der Waals surface area contributed by atoms with Crippen molar-refractivity contribution in [2.24, 2.45) is 11.3 Å². The monoisotopic (exact) mass is 349 g/mol. The van der Waals surface area contributed by atoms with E-state index >= 15 is 0 Å². The van der Waals surface area contributed by atoms with Gasteiger partial charge in [-0.15, -0.1) is 0 Å². The maximum absolute atomic E-state index is 12.4. The van der Waals surface area contributed by atoms with E-state index in [1.54, 1.807) is 0 Å². The number of benzene rings is 1. The number of methoxy groups -OCH3 is 1. The molecule has 25 heavy (non-hydrogen) atoms. The van der Waals surface area contributed by atoms with E-state index in [-0.39, 0.29) is 17.2 Å². The van der Waals surface area contributed by atoms with E-state index in [2.05, 4.69) is 12.2 Å². The summed E-state index contributed by atoms with van der Waals surface area (Å²) in [6.07, 6.45) is 1.33. The second-order valence-corrected chi connectivity index (χ2v) is 7.37. The Morgan fingerprint density at radius 3 is 2.24 bits per heavy atom. The lowest BCUT2D eigenvalue weighted by atomic mass is 9.81. The molecule has 0 bridgehead atoms. The molecule has 0 unspecified atom stereocenters. The molecule has 5 heteroatoms. The highest BCUT2D eigenvalue weighted by atomic mass is 16.5. The molecule has 1 amide bonds. The van der Waals surface area contributed by atoms with Gasteiger partial charge in [-0.05, 0) is 29.5 Å². The van der Waals surface area contributed by atoms with Gasteiger partial charge in [-0.3, -0.25) is 4.79 Å². The molecule has 0 spiro atoms. The fraction of sp³-hybridized carbons (Fsp3) is 0.600. The van der Waals surface area contributed by atoms with Crippen LogP contribution in [0, 0.1) is 11.3 Å². The maximum atomic E-state index is 12.4. The van der Waals surface area contributed by atoms with Crippen molar-refractivity contribution in [2.45, 2.75) is 53.5 Å². The van der Waals surface area contributed by atoms with Crippen LogP contribution in [0.25, 0.3) is 0 Å². The minimum atomic E-state index is -0.704. The fourth-order valence-corrected chi connectivity index (χ4v) is 2.20. The zero-order valence-electron chi connectivity index (χ0n) is 16.2. The number of rotatable bonds is 8. The van der Waals surface area contributed by atoms with Gasteiger partial charge in [0.25, 0.3) is 0 Å². The summed E-state index contributed by atoms with van der Waals surface area (Å²) in [7, 11) is 1.33. The predicted molar refractivity (Wildman–Crippen MR) is 98.5 cm³/mol. The molecule has 1 aromatic rings. The summed E-state index contributed by atoms with van der Waals surface area (Å²) in [5.41, 5.74) is 0.756. The highest BCUT2D eigenvalue weighted by Crippen LogP contribution is 2.25. The molecule has 140 valence electrons. The van der Waals surface area contributed by atoms with Crippen LogP contribution in [0.5, 0.6) is 5.75 Å². The minimum absolute atomic E-state index is 0.147. The molecule has 0 saturated heterocycles. The molecule has 0 fully saturated rings. The topological polar surface area (TPSA) is 64.6 Å². The molecule has 1 N–H and O–H groups in total. The summed E-state index contributed by atoms with van der Waals surface area (Å²) >= 11 is 0. The van der Waals surface area contributed by atoms with Gasteiger partial charge in [-0.1, -0.05) is 46.8 Å². The molecule has 0 radical (unpaired) electrons. The first-order chi connectivity index (χ1) is 11.7. The molecule has 0 aromatic heterocycles. The summed E-state index contributed by atoms with van der Waals surface area (Å²) < 4.78 is 10.4.